The van der Waals surface area contributed by atoms with Crippen LogP contribution in [0, 0.1) is 11.6 Å². The Balaban J connectivity index is 1.10. The molecule has 1 atom stereocenters. The summed E-state index contributed by atoms with van der Waals surface area (Å²) in [4.78, 5) is 37.0. The van der Waals surface area contributed by atoms with Gasteiger partial charge < -0.3 is 15.0 Å². The smallest absolute Gasteiger partial charge is 0.407 e. The van der Waals surface area contributed by atoms with Crippen molar-refractivity contribution < 1.29 is 36.3 Å². The molecule has 184 valence electrons. The number of nitrogens with zero attached hydrogens (tertiary/aromatic N) is 2. The fourth-order valence-electron chi connectivity index (χ4n) is 4.45. The van der Waals surface area contributed by atoms with Crippen LogP contribution < -0.4 is 15.5 Å². The number of ether oxygens (including phenoxy) is 1. The number of hydrogen-bond acceptors (Lipinski definition) is 7. The molecule has 5 rings (SSSR count). The number of sulfonamides is 1. The van der Waals surface area contributed by atoms with Gasteiger partial charge in [-0.05, 0) is 31.4 Å². The Morgan fingerprint density at radius 1 is 1.06 bits per heavy atom. The third-order valence-corrected chi connectivity index (χ3v) is 8.95. The van der Waals surface area contributed by atoms with Gasteiger partial charge in [-0.3, -0.25) is 14.9 Å². The number of halogens is 2. The first kappa shape index (κ1) is 23.0. The van der Waals surface area contributed by atoms with Gasteiger partial charge in [0.2, 0.25) is 21.8 Å². The topological polar surface area (TPSA) is 125 Å². The molecular weight excluding hydrogens is 474 g/mol. The maximum absolute atomic E-state index is 14.7. The summed E-state index contributed by atoms with van der Waals surface area (Å²) in [6, 6.07) is 1.99. The normalized spacial score (nSPS) is 24.3. The van der Waals surface area contributed by atoms with Gasteiger partial charge >= 0.3 is 6.09 Å². The van der Waals surface area contributed by atoms with Crippen molar-refractivity contribution in [1.82, 2.24) is 14.9 Å². The molecule has 34 heavy (non-hydrogen) atoms. The highest BCUT2D eigenvalue weighted by Crippen LogP contribution is 2.34. The summed E-state index contributed by atoms with van der Waals surface area (Å²) < 4.78 is 60.1. The van der Waals surface area contributed by atoms with Crippen LogP contribution in [0.2, 0.25) is 0 Å². The number of anilines is 1. The van der Waals surface area contributed by atoms with E-state index in [1.54, 1.807) is 4.90 Å². The van der Waals surface area contributed by atoms with Crippen LogP contribution in [0.25, 0.3) is 0 Å². The molecule has 0 aromatic heterocycles. The largest absolute Gasteiger partial charge is 0.443 e. The van der Waals surface area contributed by atoms with Crippen LogP contribution in [0.1, 0.15) is 37.2 Å². The van der Waals surface area contributed by atoms with Gasteiger partial charge in [0.25, 0.3) is 0 Å². The summed E-state index contributed by atoms with van der Waals surface area (Å²) in [7, 11) is -3.26. The molecule has 1 aromatic rings. The zero-order chi connectivity index (χ0) is 24.2. The predicted octanol–water partition coefficient (Wildman–Crippen LogP) is 0.576. The SMILES string of the molecule is O=C1CCC(c2c(F)cc(N3CC(NC(=O)OC4CN(S(=O)(=O)C5CC5)C4)C3)cc2F)C(=O)N1. The van der Waals surface area contributed by atoms with Crippen molar-refractivity contribution in [3.05, 3.63) is 29.3 Å². The molecule has 3 aliphatic heterocycles. The summed E-state index contributed by atoms with van der Waals surface area (Å²) in [6.07, 6.45) is 0.256. The molecule has 3 amide bonds. The standard InChI is InChI=1S/C21H24F2N4O6S/c22-16-5-12(6-17(23)19(16)15-3-4-18(28)25-20(15)29)26-7-11(8-26)24-21(30)33-13-9-27(10-13)34(31,32)14-1-2-14/h5-6,11,13-15H,1-4,7-10H2,(H,24,30)(H,25,28,29). The van der Waals surface area contributed by atoms with E-state index in [9.17, 15) is 31.6 Å². The van der Waals surface area contributed by atoms with E-state index in [1.165, 1.54) is 4.31 Å². The molecule has 0 bridgehead atoms. The zero-order valence-electron chi connectivity index (χ0n) is 18.1. The quantitative estimate of drug-likeness (QED) is 0.550. The third kappa shape index (κ3) is 4.33. The van der Waals surface area contributed by atoms with Gasteiger partial charge in [-0.25, -0.2) is 22.0 Å². The number of alkyl carbamates (subject to hydrolysis) is 1. The Morgan fingerprint density at radius 3 is 2.29 bits per heavy atom. The summed E-state index contributed by atoms with van der Waals surface area (Å²) >= 11 is 0. The number of benzene rings is 1. The van der Waals surface area contributed by atoms with Crippen LogP contribution in [-0.4, -0.2) is 74.2 Å². The molecule has 1 aliphatic carbocycles. The molecule has 1 unspecified atom stereocenters. The second kappa shape index (κ2) is 8.45. The number of nitrogens with one attached hydrogen (secondary N) is 2. The first-order valence-electron chi connectivity index (χ1n) is 11.2. The summed E-state index contributed by atoms with van der Waals surface area (Å²) in [5.74, 6) is -3.97. The van der Waals surface area contributed by atoms with Crippen molar-refractivity contribution in [2.75, 3.05) is 31.1 Å². The molecule has 10 nitrogen and oxygen atoms in total. The Kier molecular flexibility index (Phi) is 5.71. The van der Waals surface area contributed by atoms with E-state index in [1.807, 2.05) is 0 Å². The zero-order valence-corrected chi connectivity index (χ0v) is 18.9. The number of amides is 3. The Hall–Kier alpha value is -2.80. The lowest BCUT2D eigenvalue weighted by Gasteiger charge is -2.42. The maximum Gasteiger partial charge on any atom is 0.407 e. The average Bonchev–Trinajstić information content (AvgIpc) is 3.53. The van der Waals surface area contributed by atoms with Crippen molar-refractivity contribution in [1.29, 1.82) is 0 Å². The van der Waals surface area contributed by atoms with Crippen molar-refractivity contribution in [3.8, 4) is 0 Å². The van der Waals surface area contributed by atoms with E-state index in [4.69, 9.17) is 4.74 Å². The number of carbonyl (C=O) groups is 3. The lowest BCUT2D eigenvalue weighted by molar-refractivity contribution is -0.134. The minimum Gasteiger partial charge on any atom is -0.443 e. The molecule has 2 N–H and O–H groups in total. The second-order valence-corrected chi connectivity index (χ2v) is 11.4. The van der Waals surface area contributed by atoms with E-state index in [2.05, 4.69) is 10.6 Å². The van der Waals surface area contributed by atoms with Crippen LogP contribution in [0.4, 0.5) is 19.3 Å². The number of hydrogen-bond donors (Lipinski definition) is 2. The van der Waals surface area contributed by atoms with Crippen LogP contribution in [0.5, 0.6) is 0 Å². The highest BCUT2D eigenvalue weighted by molar-refractivity contribution is 7.90. The molecule has 4 fully saturated rings. The molecule has 3 heterocycles. The van der Waals surface area contributed by atoms with E-state index in [0.717, 1.165) is 12.1 Å². The van der Waals surface area contributed by atoms with Crippen molar-refractivity contribution in [3.63, 3.8) is 0 Å². The van der Waals surface area contributed by atoms with E-state index >= 15 is 0 Å². The highest BCUT2D eigenvalue weighted by Gasteiger charge is 2.46. The predicted molar refractivity (Wildman–Crippen MR) is 114 cm³/mol. The molecule has 4 aliphatic rings. The van der Waals surface area contributed by atoms with Crippen LogP contribution in [0.3, 0.4) is 0 Å². The Labute approximate surface area is 194 Å². The highest BCUT2D eigenvalue weighted by atomic mass is 32.2. The number of carbonyl (C=O) groups excluding carboxylic acids is 3. The number of rotatable bonds is 6. The Morgan fingerprint density at radius 2 is 1.71 bits per heavy atom. The fraction of sp³-hybridized carbons (Fsp3) is 0.571. The van der Waals surface area contributed by atoms with E-state index in [-0.39, 0.29) is 48.5 Å². The Bertz CT molecular complexity index is 1120. The van der Waals surface area contributed by atoms with Crippen LogP contribution >= 0.6 is 0 Å². The van der Waals surface area contributed by atoms with Crippen molar-refractivity contribution in [2.45, 2.75) is 49.0 Å². The first-order valence-corrected chi connectivity index (χ1v) is 12.7. The third-order valence-electron chi connectivity index (χ3n) is 6.61. The number of piperidine rings is 1. The van der Waals surface area contributed by atoms with Gasteiger partial charge in [-0.1, -0.05) is 0 Å². The molecule has 1 aromatic carbocycles. The second-order valence-electron chi connectivity index (χ2n) is 9.16. The lowest BCUT2D eigenvalue weighted by Crippen LogP contribution is -2.61. The van der Waals surface area contributed by atoms with Gasteiger partial charge in [0.1, 0.15) is 17.7 Å². The lowest BCUT2D eigenvalue weighted by atomic mass is 9.89. The monoisotopic (exact) mass is 498 g/mol. The van der Waals surface area contributed by atoms with Gasteiger partial charge in [0, 0.05) is 30.8 Å². The van der Waals surface area contributed by atoms with E-state index < -0.39 is 51.6 Å². The van der Waals surface area contributed by atoms with Crippen molar-refractivity contribution in [2.24, 2.45) is 0 Å². The van der Waals surface area contributed by atoms with Gasteiger partial charge in [-0.2, -0.15) is 4.31 Å². The molecule has 1 saturated carbocycles. The van der Waals surface area contributed by atoms with E-state index in [0.29, 0.717) is 25.9 Å². The van der Waals surface area contributed by atoms with Crippen LogP contribution in [0.15, 0.2) is 12.1 Å². The molecule has 3 saturated heterocycles. The minimum absolute atomic E-state index is 0.0157. The molecule has 0 radical (unpaired) electrons. The number of imide groups is 1. The average molecular weight is 499 g/mol. The van der Waals surface area contributed by atoms with Gasteiger partial charge in [0.05, 0.1) is 30.3 Å². The van der Waals surface area contributed by atoms with Crippen LogP contribution in [-0.2, 0) is 24.3 Å². The van der Waals surface area contributed by atoms with Gasteiger partial charge in [0.15, 0.2) is 0 Å². The molecule has 0 spiro atoms. The maximum atomic E-state index is 14.7. The van der Waals surface area contributed by atoms with Crippen molar-refractivity contribution >= 4 is 33.6 Å². The summed E-state index contributed by atoms with van der Waals surface area (Å²) in [5.41, 5.74) is -0.0804. The summed E-state index contributed by atoms with van der Waals surface area (Å²) in [5, 5.41) is 4.47. The van der Waals surface area contributed by atoms with Gasteiger partial charge in [-0.15, -0.1) is 0 Å². The fourth-order valence-corrected chi connectivity index (χ4v) is 6.35. The minimum atomic E-state index is -3.26. The molecule has 13 heteroatoms. The summed E-state index contributed by atoms with van der Waals surface area (Å²) in [6.45, 7) is 0.916. The first-order chi connectivity index (χ1) is 16.1. The molecular formula is C21H24F2N4O6S.